The van der Waals surface area contributed by atoms with Crippen LogP contribution in [0.15, 0.2) is 36.4 Å². The number of nitrogens with two attached hydrogens (primary N) is 1. The summed E-state index contributed by atoms with van der Waals surface area (Å²) < 4.78 is 13.1. The molecule has 18 heavy (non-hydrogen) atoms. The second-order valence-corrected chi connectivity index (χ2v) is 4.00. The Morgan fingerprint density at radius 3 is 2.67 bits per heavy atom. The monoisotopic (exact) mass is 241 g/mol. The van der Waals surface area contributed by atoms with Crippen LogP contribution in [0, 0.1) is 24.1 Å². The first-order valence-corrected chi connectivity index (χ1v) is 5.43. The third kappa shape index (κ3) is 2.41. The third-order valence-electron chi connectivity index (χ3n) is 2.62. The van der Waals surface area contributed by atoms with Crippen LogP contribution in [0.25, 0.3) is 0 Å². The lowest BCUT2D eigenvalue weighted by Crippen LogP contribution is -1.97. The topological polar surface area (TPSA) is 61.8 Å². The fourth-order valence-corrected chi connectivity index (χ4v) is 1.61. The van der Waals surface area contributed by atoms with Gasteiger partial charge in [0.25, 0.3) is 0 Å². The van der Waals surface area contributed by atoms with Crippen molar-refractivity contribution in [1.29, 1.82) is 5.26 Å². The van der Waals surface area contributed by atoms with Gasteiger partial charge in [-0.3, -0.25) is 0 Å². The lowest BCUT2D eigenvalue weighted by atomic mass is 10.1. The van der Waals surface area contributed by atoms with E-state index in [1.807, 2.05) is 6.07 Å². The number of nitrogens with one attached hydrogen (secondary N) is 1. The van der Waals surface area contributed by atoms with Gasteiger partial charge in [0, 0.05) is 5.69 Å². The maximum absolute atomic E-state index is 13.1. The largest absolute Gasteiger partial charge is 0.397 e. The number of hydrogen-bond acceptors (Lipinski definition) is 3. The van der Waals surface area contributed by atoms with Gasteiger partial charge in [0.1, 0.15) is 5.82 Å². The van der Waals surface area contributed by atoms with Crippen molar-refractivity contribution in [3.63, 3.8) is 0 Å². The molecule has 3 N–H and O–H groups in total. The van der Waals surface area contributed by atoms with Crippen molar-refractivity contribution in [2.24, 2.45) is 0 Å². The highest BCUT2D eigenvalue weighted by molar-refractivity contribution is 5.74. The maximum atomic E-state index is 13.1. The van der Waals surface area contributed by atoms with Gasteiger partial charge < -0.3 is 11.1 Å². The van der Waals surface area contributed by atoms with Crippen LogP contribution >= 0.6 is 0 Å². The van der Waals surface area contributed by atoms with E-state index in [-0.39, 0.29) is 5.82 Å². The number of nitrogen functional groups attached to an aromatic ring is 1. The second kappa shape index (κ2) is 4.76. The van der Waals surface area contributed by atoms with E-state index in [1.54, 1.807) is 37.3 Å². The Bertz CT molecular complexity index is 629. The summed E-state index contributed by atoms with van der Waals surface area (Å²) in [6, 6.07) is 11.7. The Balaban J connectivity index is 2.33. The Labute approximate surface area is 105 Å². The molecule has 0 radical (unpaired) electrons. The van der Waals surface area contributed by atoms with E-state index in [9.17, 15) is 4.39 Å². The van der Waals surface area contributed by atoms with E-state index in [1.165, 1.54) is 6.07 Å². The lowest BCUT2D eigenvalue weighted by molar-refractivity contribution is 0.619. The average molecular weight is 241 g/mol. The lowest BCUT2D eigenvalue weighted by Gasteiger charge is -2.10. The Hall–Kier alpha value is -2.54. The highest BCUT2D eigenvalue weighted by atomic mass is 19.1. The van der Waals surface area contributed by atoms with Crippen LogP contribution in [-0.2, 0) is 0 Å². The van der Waals surface area contributed by atoms with Crippen molar-refractivity contribution >= 4 is 17.1 Å². The number of aryl methyl sites for hydroxylation is 1. The third-order valence-corrected chi connectivity index (χ3v) is 2.62. The molecule has 0 atom stereocenters. The number of nitrogens with zero attached hydrogens (tertiary/aromatic N) is 1. The molecule has 0 heterocycles. The molecule has 2 rings (SSSR count). The molecule has 0 amide bonds. The van der Waals surface area contributed by atoms with E-state index in [4.69, 9.17) is 11.0 Å². The molecule has 0 aliphatic rings. The van der Waals surface area contributed by atoms with Crippen LogP contribution in [-0.4, -0.2) is 0 Å². The summed E-state index contributed by atoms with van der Waals surface area (Å²) in [5, 5.41) is 11.9. The molecule has 2 aromatic rings. The van der Waals surface area contributed by atoms with Crippen molar-refractivity contribution < 1.29 is 4.39 Å². The van der Waals surface area contributed by atoms with Gasteiger partial charge in [-0.05, 0) is 48.9 Å². The van der Waals surface area contributed by atoms with Crippen LogP contribution in [0.5, 0.6) is 0 Å². The molecular weight excluding hydrogens is 229 g/mol. The van der Waals surface area contributed by atoms with Gasteiger partial charge in [-0.2, -0.15) is 5.26 Å². The predicted molar refractivity (Wildman–Crippen MR) is 70.0 cm³/mol. The Morgan fingerprint density at radius 1 is 1.22 bits per heavy atom. The quantitative estimate of drug-likeness (QED) is 0.793. The summed E-state index contributed by atoms with van der Waals surface area (Å²) in [6.45, 7) is 1.69. The molecule has 0 saturated carbocycles. The van der Waals surface area contributed by atoms with Gasteiger partial charge in [-0.15, -0.1) is 0 Å². The molecule has 0 saturated heterocycles. The van der Waals surface area contributed by atoms with Gasteiger partial charge in [-0.1, -0.05) is 0 Å². The number of nitriles is 1. The second-order valence-electron chi connectivity index (χ2n) is 4.00. The predicted octanol–water partition coefficient (Wildman–Crippen LogP) is 3.33. The van der Waals surface area contributed by atoms with Gasteiger partial charge in [0.05, 0.1) is 23.0 Å². The number of hydrogen-bond donors (Lipinski definition) is 2. The summed E-state index contributed by atoms with van der Waals surface area (Å²) in [5.41, 5.74) is 8.79. The highest BCUT2D eigenvalue weighted by Crippen LogP contribution is 2.25. The SMILES string of the molecule is Cc1cc(Nc2cc(C#N)ccc2N)ccc1F. The summed E-state index contributed by atoms with van der Waals surface area (Å²) in [6.07, 6.45) is 0. The van der Waals surface area contributed by atoms with E-state index < -0.39 is 0 Å². The Morgan fingerprint density at radius 2 is 2.00 bits per heavy atom. The normalized spacial score (nSPS) is 9.83. The molecule has 0 bridgehead atoms. The van der Waals surface area contributed by atoms with Crippen LogP contribution in [0.3, 0.4) is 0 Å². The molecule has 4 heteroatoms. The number of benzene rings is 2. The number of anilines is 3. The number of rotatable bonds is 2. The van der Waals surface area contributed by atoms with Crippen molar-refractivity contribution in [2.45, 2.75) is 6.92 Å². The standard InChI is InChI=1S/C14H12FN3/c1-9-6-11(3-4-12(9)15)18-14-7-10(8-16)2-5-13(14)17/h2-7,18H,17H2,1H3. The van der Waals surface area contributed by atoms with Crippen molar-refractivity contribution in [1.82, 2.24) is 0 Å². The van der Waals surface area contributed by atoms with E-state index >= 15 is 0 Å². The molecule has 0 fully saturated rings. The van der Waals surface area contributed by atoms with Gasteiger partial charge >= 0.3 is 0 Å². The summed E-state index contributed by atoms with van der Waals surface area (Å²) in [7, 11) is 0. The zero-order chi connectivity index (χ0) is 13.1. The molecule has 3 nitrogen and oxygen atoms in total. The van der Waals surface area contributed by atoms with Crippen LogP contribution in [0.4, 0.5) is 21.5 Å². The summed E-state index contributed by atoms with van der Waals surface area (Å²) in [5.74, 6) is -0.251. The number of halogens is 1. The molecule has 0 unspecified atom stereocenters. The molecule has 2 aromatic carbocycles. The maximum Gasteiger partial charge on any atom is 0.126 e. The fraction of sp³-hybridized carbons (Fsp3) is 0.0714. The van der Waals surface area contributed by atoms with Crippen molar-refractivity contribution in [2.75, 3.05) is 11.1 Å². The van der Waals surface area contributed by atoms with E-state index in [0.717, 1.165) is 5.69 Å². The molecule has 0 spiro atoms. The van der Waals surface area contributed by atoms with Crippen LogP contribution in [0.2, 0.25) is 0 Å². The van der Waals surface area contributed by atoms with Gasteiger partial charge in [0.2, 0.25) is 0 Å². The van der Waals surface area contributed by atoms with Crippen LogP contribution in [0.1, 0.15) is 11.1 Å². The first-order valence-electron chi connectivity index (χ1n) is 5.43. The first kappa shape index (κ1) is 11.9. The Kier molecular flexibility index (Phi) is 3.16. The zero-order valence-electron chi connectivity index (χ0n) is 9.87. The van der Waals surface area contributed by atoms with E-state index in [2.05, 4.69) is 5.32 Å². The van der Waals surface area contributed by atoms with Gasteiger partial charge in [-0.25, -0.2) is 4.39 Å². The molecule has 90 valence electrons. The minimum atomic E-state index is -0.251. The first-order chi connectivity index (χ1) is 8.60. The molecule has 0 aliphatic heterocycles. The van der Waals surface area contributed by atoms with Gasteiger partial charge in [0.15, 0.2) is 0 Å². The summed E-state index contributed by atoms with van der Waals surface area (Å²) in [4.78, 5) is 0. The molecule has 0 aliphatic carbocycles. The highest BCUT2D eigenvalue weighted by Gasteiger charge is 2.03. The average Bonchev–Trinajstić information content (AvgIpc) is 2.36. The fourth-order valence-electron chi connectivity index (χ4n) is 1.61. The summed E-state index contributed by atoms with van der Waals surface area (Å²) >= 11 is 0. The van der Waals surface area contributed by atoms with Crippen molar-refractivity contribution in [3.8, 4) is 6.07 Å². The molecule has 0 aromatic heterocycles. The van der Waals surface area contributed by atoms with Crippen molar-refractivity contribution in [3.05, 3.63) is 53.3 Å². The molecular formula is C14H12FN3. The minimum Gasteiger partial charge on any atom is -0.397 e. The van der Waals surface area contributed by atoms with Crippen LogP contribution < -0.4 is 11.1 Å². The smallest absolute Gasteiger partial charge is 0.126 e. The minimum absolute atomic E-state index is 0.251. The zero-order valence-corrected chi connectivity index (χ0v) is 9.87. The van der Waals surface area contributed by atoms with E-state index in [0.29, 0.717) is 22.5 Å².